The molecule has 1 heterocycles. The second-order valence-electron chi connectivity index (χ2n) is 6.26. The minimum atomic E-state index is -3.31. The molecule has 1 aromatic carbocycles. The molecule has 1 aliphatic heterocycles. The average molecular weight is 369 g/mol. The van der Waals surface area contributed by atoms with E-state index >= 15 is 0 Å². The van der Waals surface area contributed by atoms with Crippen molar-refractivity contribution in [3.05, 3.63) is 30.3 Å². The van der Waals surface area contributed by atoms with Gasteiger partial charge >= 0.3 is 0 Å². The number of sulfone groups is 1. The van der Waals surface area contributed by atoms with Crippen LogP contribution in [-0.2, 0) is 14.6 Å². The summed E-state index contributed by atoms with van der Waals surface area (Å²) in [5.74, 6) is 0.537. The van der Waals surface area contributed by atoms with Gasteiger partial charge in [-0.2, -0.15) is 0 Å². The Balaban J connectivity index is 1.82. The molecule has 0 spiro atoms. The minimum absolute atomic E-state index is 0.0113. The molecular formula is C17H27N3O4S. The smallest absolute Gasteiger partial charge is 0.191 e. The molecule has 0 aromatic heterocycles. The summed E-state index contributed by atoms with van der Waals surface area (Å²) in [5, 5.41) is 15.5. The first-order chi connectivity index (χ1) is 12.0. The van der Waals surface area contributed by atoms with Crippen molar-refractivity contribution < 1.29 is 18.3 Å². The quantitative estimate of drug-likeness (QED) is 0.453. The van der Waals surface area contributed by atoms with Gasteiger partial charge in [0.1, 0.15) is 0 Å². The topological polar surface area (TPSA) is 100 Å². The van der Waals surface area contributed by atoms with Gasteiger partial charge in [0.25, 0.3) is 0 Å². The Morgan fingerprint density at radius 3 is 2.68 bits per heavy atom. The summed E-state index contributed by atoms with van der Waals surface area (Å²) >= 11 is 0. The van der Waals surface area contributed by atoms with Gasteiger partial charge in [0.2, 0.25) is 0 Å². The molecule has 0 amide bonds. The zero-order chi connectivity index (χ0) is 18.2. The molecule has 3 N–H and O–H groups in total. The highest BCUT2D eigenvalue weighted by molar-refractivity contribution is 7.91. The van der Waals surface area contributed by atoms with Gasteiger partial charge < -0.3 is 20.5 Å². The van der Waals surface area contributed by atoms with Gasteiger partial charge in [-0.15, -0.1) is 0 Å². The molecule has 1 fully saturated rings. The Kier molecular flexibility index (Phi) is 7.22. The number of hydrogen-bond acceptors (Lipinski definition) is 5. The van der Waals surface area contributed by atoms with Crippen molar-refractivity contribution in [3.63, 3.8) is 0 Å². The predicted octanol–water partition coefficient (Wildman–Crippen LogP) is 0.414. The molecule has 25 heavy (non-hydrogen) atoms. The number of nitrogens with one attached hydrogen (secondary N) is 2. The average Bonchev–Trinajstić information content (AvgIpc) is 3.08. The Bertz CT molecular complexity index is 656. The second-order valence-corrected chi connectivity index (χ2v) is 8.37. The van der Waals surface area contributed by atoms with E-state index in [-0.39, 0.29) is 24.3 Å². The van der Waals surface area contributed by atoms with Gasteiger partial charge in [0.05, 0.1) is 17.3 Å². The number of aliphatic hydroxyl groups excluding tert-OH is 1. The van der Waals surface area contributed by atoms with Crippen LogP contribution in [0.4, 0.5) is 0 Å². The molecule has 1 atom stereocenters. The Hall–Kier alpha value is -1.64. The van der Waals surface area contributed by atoms with Crippen molar-refractivity contribution in [2.45, 2.75) is 17.7 Å². The van der Waals surface area contributed by atoms with Crippen molar-refractivity contribution in [3.8, 4) is 0 Å². The van der Waals surface area contributed by atoms with E-state index in [2.05, 4.69) is 15.6 Å². The third kappa shape index (κ3) is 5.69. The van der Waals surface area contributed by atoms with E-state index < -0.39 is 9.84 Å². The number of aliphatic imine (C=N–C) groups is 1. The second kappa shape index (κ2) is 9.17. The zero-order valence-electron chi connectivity index (χ0n) is 14.6. The predicted molar refractivity (Wildman–Crippen MR) is 97.4 cm³/mol. The lowest BCUT2D eigenvalue weighted by Gasteiger charge is -2.27. The lowest BCUT2D eigenvalue weighted by molar-refractivity contribution is 0.127. The fraction of sp³-hybridized carbons (Fsp3) is 0.588. The van der Waals surface area contributed by atoms with Gasteiger partial charge in [-0.1, -0.05) is 18.2 Å². The molecule has 1 aliphatic rings. The molecule has 0 bridgehead atoms. The van der Waals surface area contributed by atoms with Crippen LogP contribution in [0.3, 0.4) is 0 Å². The zero-order valence-corrected chi connectivity index (χ0v) is 15.4. The summed E-state index contributed by atoms with van der Waals surface area (Å²) < 4.78 is 30.0. The molecule has 2 rings (SSSR count). The largest absolute Gasteiger partial charge is 0.396 e. The van der Waals surface area contributed by atoms with Crippen molar-refractivity contribution in [2.75, 3.05) is 45.7 Å². The summed E-state index contributed by atoms with van der Waals surface area (Å²) in [6.45, 7) is 2.31. The van der Waals surface area contributed by atoms with Crippen molar-refractivity contribution in [1.82, 2.24) is 10.6 Å². The Morgan fingerprint density at radius 2 is 2.08 bits per heavy atom. The Labute approximate surface area is 149 Å². The van der Waals surface area contributed by atoms with Gasteiger partial charge in [0, 0.05) is 38.8 Å². The summed E-state index contributed by atoms with van der Waals surface area (Å²) in [4.78, 5) is 4.45. The third-order valence-corrected chi connectivity index (χ3v) is 6.18. The first-order valence-corrected chi connectivity index (χ1v) is 10.1. The Morgan fingerprint density at radius 1 is 1.32 bits per heavy atom. The number of rotatable bonds is 8. The fourth-order valence-electron chi connectivity index (χ4n) is 2.85. The highest BCUT2D eigenvalue weighted by atomic mass is 32.2. The van der Waals surface area contributed by atoms with Crippen LogP contribution in [0.5, 0.6) is 0 Å². The van der Waals surface area contributed by atoms with Crippen LogP contribution in [0.15, 0.2) is 40.2 Å². The first-order valence-electron chi connectivity index (χ1n) is 8.42. The standard InChI is InChI=1S/C17H27N3O4S/c1-18-16(20-13-17(7-10-21)8-11-24-14-17)19-9-12-25(22,23)15-5-3-2-4-6-15/h2-6,21H,7-14H2,1H3,(H2,18,19,20). The molecule has 1 saturated heterocycles. The number of nitrogens with zero attached hydrogens (tertiary/aromatic N) is 1. The lowest BCUT2D eigenvalue weighted by Crippen LogP contribution is -2.45. The summed E-state index contributed by atoms with van der Waals surface area (Å²) in [6.07, 6.45) is 1.55. The lowest BCUT2D eigenvalue weighted by atomic mass is 9.84. The molecule has 7 nitrogen and oxygen atoms in total. The van der Waals surface area contributed by atoms with E-state index in [0.29, 0.717) is 37.0 Å². The SMILES string of the molecule is CN=C(NCCS(=O)(=O)c1ccccc1)NCC1(CCO)CCOC1. The molecule has 1 unspecified atom stereocenters. The monoisotopic (exact) mass is 369 g/mol. The summed E-state index contributed by atoms with van der Waals surface area (Å²) in [6, 6.07) is 8.41. The minimum Gasteiger partial charge on any atom is -0.396 e. The van der Waals surface area contributed by atoms with Crippen LogP contribution in [0.1, 0.15) is 12.8 Å². The highest BCUT2D eigenvalue weighted by Crippen LogP contribution is 2.31. The third-order valence-electron chi connectivity index (χ3n) is 4.45. The van der Waals surface area contributed by atoms with Crippen LogP contribution >= 0.6 is 0 Å². The van der Waals surface area contributed by atoms with Gasteiger partial charge in [0.15, 0.2) is 15.8 Å². The number of aliphatic hydroxyl groups is 1. The molecule has 0 radical (unpaired) electrons. The van der Waals surface area contributed by atoms with E-state index in [9.17, 15) is 13.5 Å². The molecule has 0 aliphatic carbocycles. The van der Waals surface area contributed by atoms with Crippen LogP contribution < -0.4 is 10.6 Å². The maximum Gasteiger partial charge on any atom is 0.191 e. The van der Waals surface area contributed by atoms with Gasteiger partial charge in [-0.05, 0) is 25.0 Å². The van der Waals surface area contributed by atoms with Crippen molar-refractivity contribution in [2.24, 2.45) is 10.4 Å². The number of benzene rings is 1. The van der Waals surface area contributed by atoms with Gasteiger partial charge in [-0.3, -0.25) is 4.99 Å². The van der Waals surface area contributed by atoms with E-state index in [1.54, 1.807) is 37.4 Å². The fourth-order valence-corrected chi connectivity index (χ4v) is 4.03. The van der Waals surface area contributed by atoms with E-state index in [0.717, 1.165) is 6.42 Å². The van der Waals surface area contributed by atoms with Crippen LogP contribution in [0.2, 0.25) is 0 Å². The van der Waals surface area contributed by atoms with E-state index in [1.807, 2.05) is 0 Å². The molecule has 8 heteroatoms. The first kappa shape index (κ1) is 19.7. The van der Waals surface area contributed by atoms with E-state index in [1.165, 1.54) is 0 Å². The number of guanidine groups is 1. The van der Waals surface area contributed by atoms with Crippen LogP contribution in [0.25, 0.3) is 0 Å². The number of ether oxygens (including phenoxy) is 1. The molecule has 0 saturated carbocycles. The molecule has 140 valence electrons. The normalized spacial score (nSPS) is 21.3. The summed E-state index contributed by atoms with van der Waals surface area (Å²) in [7, 11) is -1.67. The number of hydrogen-bond donors (Lipinski definition) is 3. The van der Waals surface area contributed by atoms with Crippen molar-refractivity contribution in [1.29, 1.82) is 0 Å². The highest BCUT2D eigenvalue weighted by Gasteiger charge is 2.34. The summed E-state index contributed by atoms with van der Waals surface area (Å²) in [5.41, 5.74) is -0.0948. The van der Waals surface area contributed by atoms with Crippen molar-refractivity contribution >= 4 is 15.8 Å². The molecular weight excluding hydrogens is 342 g/mol. The maximum atomic E-state index is 12.3. The van der Waals surface area contributed by atoms with E-state index in [4.69, 9.17) is 4.74 Å². The van der Waals surface area contributed by atoms with Gasteiger partial charge in [-0.25, -0.2) is 8.42 Å². The van der Waals surface area contributed by atoms with Crippen LogP contribution in [-0.4, -0.2) is 65.2 Å². The molecule has 1 aromatic rings. The van der Waals surface area contributed by atoms with Crippen LogP contribution in [0, 0.1) is 5.41 Å². The maximum absolute atomic E-state index is 12.3.